The molecule has 0 bridgehead atoms. The third kappa shape index (κ3) is 15.7. The summed E-state index contributed by atoms with van der Waals surface area (Å²) >= 11 is 0. The number of esters is 1. The van der Waals surface area contributed by atoms with Crippen molar-refractivity contribution in [1.29, 1.82) is 0 Å². The van der Waals surface area contributed by atoms with Gasteiger partial charge in [-0.15, -0.1) is 0 Å². The quantitative estimate of drug-likeness (QED) is 0.144. The highest BCUT2D eigenvalue weighted by Crippen LogP contribution is 2.38. The van der Waals surface area contributed by atoms with E-state index < -0.39 is 78.5 Å². The molecule has 0 aliphatic carbocycles. The molecule has 5 N–H and O–H groups in total. The van der Waals surface area contributed by atoms with Gasteiger partial charge in [0.1, 0.15) is 42.2 Å². The van der Waals surface area contributed by atoms with Gasteiger partial charge in [-0.2, -0.15) is 0 Å². The Bertz CT molecular complexity index is 1400. The van der Waals surface area contributed by atoms with Crippen molar-refractivity contribution in [3.05, 3.63) is 84.1 Å². The molecule has 2 heterocycles. The topological polar surface area (TPSA) is 174 Å². The van der Waals surface area contributed by atoms with Crippen molar-refractivity contribution in [2.45, 2.75) is 153 Å². The van der Waals surface area contributed by atoms with Crippen molar-refractivity contribution < 1.29 is 58.7 Å². The third-order valence-corrected chi connectivity index (χ3v) is 10.9. The number of aliphatic hydroxyl groups is 5. The molecule has 324 valence electrons. The van der Waals surface area contributed by atoms with Gasteiger partial charge < -0.3 is 54.0 Å². The Kier molecular flexibility index (Phi) is 22.7. The van der Waals surface area contributed by atoms with Crippen LogP contribution in [0, 0.1) is 11.8 Å². The minimum Gasteiger partial charge on any atom is -0.452 e. The lowest BCUT2D eigenvalue weighted by Crippen LogP contribution is -2.50. The van der Waals surface area contributed by atoms with Crippen LogP contribution in [0.1, 0.15) is 80.1 Å². The van der Waals surface area contributed by atoms with E-state index in [0.29, 0.717) is 12.8 Å². The second-order valence-electron chi connectivity index (χ2n) is 15.6. The fourth-order valence-electron chi connectivity index (χ4n) is 7.39. The lowest BCUT2D eigenvalue weighted by molar-refractivity contribution is -0.153. The third-order valence-electron chi connectivity index (χ3n) is 10.9. The molecule has 1 saturated heterocycles. The number of allylic oxidation sites excluding steroid dienone is 7. The molecule has 0 aromatic heterocycles. The van der Waals surface area contributed by atoms with E-state index in [2.05, 4.69) is 13.0 Å². The number of hydrogen-bond donors (Lipinski definition) is 5. The van der Waals surface area contributed by atoms with Gasteiger partial charge in [0.2, 0.25) is 0 Å². The molecule has 12 nitrogen and oxygen atoms in total. The molecule has 14 atom stereocenters. The first-order valence-corrected chi connectivity index (χ1v) is 20.2. The molecule has 0 aromatic rings. The van der Waals surface area contributed by atoms with Gasteiger partial charge in [0.05, 0.1) is 30.5 Å². The molecule has 57 heavy (non-hydrogen) atoms. The second-order valence-corrected chi connectivity index (χ2v) is 15.6. The SMILES string of the molecule is CCC[C@@H]1O[C@@](C)([C@@H](O)C/C=C/[C@@H]2OC(=O)/C=C\C=C/[C@@H](OC)[C@H](O)/C=C\C(C)=C/[C@@H](C)CCC[C@@H](OC)[C@H](O)/C=C\C(C)=C/[C@@H](C)[C@H](O)[C@H]2OC)[C@H](O)[C@@H]1OC. The van der Waals surface area contributed by atoms with E-state index in [1.807, 2.05) is 32.9 Å². The Morgan fingerprint density at radius 3 is 2.12 bits per heavy atom. The van der Waals surface area contributed by atoms with E-state index in [4.69, 9.17) is 28.4 Å². The smallest absolute Gasteiger partial charge is 0.331 e. The zero-order valence-corrected chi connectivity index (χ0v) is 35.8. The molecule has 0 aromatic carbocycles. The van der Waals surface area contributed by atoms with Crippen LogP contribution in [0.3, 0.4) is 0 Å². The number of cyclic esters (lactones) is 1. The Hall–Kier alpha value is -2.75. The van der Waals surface area contributed by atoms with Crippen molar-refractivity contribution in [1.82, 2.24) is 0 Å². The van der Waals surface area contributed by atoms with Crippen molar-refractivity contribution in [3.63, 3.8) is 0 Å². The summed E-state index contributed by atoms with van der Waals surface area (Å²) in [6.07, 6.45) is 14.4. The monoisotopic (exact) mass is 805 g/mol. The van der Waals surface area contributed by atoms with Crippen molar-refractivity contribution in [2.75, 3.05) is 28.4 Å². The zero-order chi connectivity index (χ0) is 42.7. The lowest BCUT2D eigenvalue weighted by Gasteiger charge is -2.33. The van der Waals surface area contributed by atoms with Crippen molar-refractivity contribution in [2.24, 2.45) is 11.8 Å². The number of hydrogen-bond acceptors (Lipinski definition) is 12. The summed E-state index contributed by atoms with van der Waals surface area (Å²) in [7, 11) is 5.98. The van der Waals surface area contributed by atoms with Gasteiger partial charge in [0.25, 0.3) is 0 Å². The highest BCUT2D eigenvalue weighted by molar-refractivity contribution is 5.82. The molecule has 0 saturated carbocycles. The van der Waals surface area contributed by atoms with Crippen LogP contribution in [0.2, 0.25) is 0 Å². The average Bonchev–Trinajstić information content (AvgIpc) is 3.42. The predicted octanol–water partition coefficient (Wildman–Crippen LogP) is 5.24. The van der Waals surface area contributed by atoms with Crippen LogP contribution in [0.25, 0.3) is 0 Å². The molecule has 0 spiro atoms. The number of aliphatic hydroxyl groups excluding tert-OH is 5. The molecule has 0 unspecified atom stereocenters. The van der Waals surface area contributed by atoms with Crippen LogP contribution in [-0.2, 0) is 33.2 Å². The van der Waals surface area contributed by atoms with Gasteiger partial charge in [-0.1, -0.05) is 106 Å². The lowest BCUT2D eigenvalue weighted by atomic mass is 9.88. The fraction of sp³-hybridized carbons (Fsp3) is 0.667. The summed E-state index contributed by atoms with van der Waals surface area (Å²) < 4.78 is 34.4. The minimum absolute atomic E-state index is 0.0235. The zero-order valence-electron chi connectivity index (χ0n) is 35.8. The fourth-order valence-corrected chi connectivity index (χ4v) is 7.39. The van der Waals surface area contributed by atoms with Gasteiger partial charge in [0, 0.05) is 40.4 Å². The van der Waals surface area contributed by atoms with Crippen LogP contribution in [0.15, 0.2) is 84.1 Å². The van der Waals surface area contributed by atoms with E-state index in [0.717, 1.165) is 30.4 Å². The number of rotatable bonds is 10. The summed E-state index contributed by atoms with van der Waals surface area (Å²) in [5.74, 6) is -0.953. The second kappa shape index (κ2) is 25.7. The van der Waals surface area contributed by atoms with E-state index in [9.17, 15) is 30.3 Å². The molecule has 0 amide bonds. The summed E-state index contributed by atoms with van der Waals surface area (Å²) in [4.78, 5) is 13.2. The van der Waals surface area contributed by atoms with Crippen molar-refractivity contribution >= 4 is 5.97 Å². The van der Waals surface area contributed by atoms with E-state index in [1.165, 1.54) is 33.5 Å². The molecule has 12 heteroatoms. The molecular formula is C45H72O12. The first-order chi connectivity index (χ1) is 27.1. The summed E-state index contributed by atoms with van der Waals surface area (Å²) in [6, 6.07) is 0. The van der Waals surface area contributed by atoms with E-state index in [1.54, 1.807) is 63.5 Å². The Morgan fingerprint density at radius 2 is 1.51 bits per heavy atom. The van der Waals surface area contributed by atoms with Gasteiger partial charge in [-0.05, 0) is 58.4 Å². The molecule has 2 aliphatic heterocycles. The Morgan fingerprint density at radius 1 is 0.860 bits per heavy atom. The Labute approximate surface area is 341 Å². The maximum Gasteiger partial charge on any atom is 0.331 e. The predicted molar refractivity (Wildman–Crippen MR) is 221 cm³/mol. The summed E-state index contributed by atoms with van der Waals surface area (Å²) in [5.41, 5.74) is 0.457. The van der Waals surface area contributed by atoms with Crippen LogP contribution in [-0.4, -0.2) is 133 Å². The maximum atomic E-state index is 13.2. The average molecular weight is 805 g/mol. The molecular weight excluding hydrogens is 732 g/mol. The van der Waals surface area contributed by atoms with Gasteiger partial charge in [-0.3, -0.25) is 0 Å². The first kappa shape index (κ1) is 50.4. The van der Waals surface area contributed by atoms with Crippen molar-refractivity contribution in [3.8, 4) is 0 Å². The number of carbonyl (C=O) groups excluding carboxylic acids is 1. The summed E-state index contributed by atoms with van der Waals surface area (Å²) in [6.45, 7) is 11.4. The number of ether oxygens (including phenoxy) is 6. The largest absolute Gasteiger partial charge is 0.452 e. The van der Waals surface area contributed by atoms with E-state index >= 15 is 0 Å². The number of methoxy groups -OCH3 is 4. The maximum absolute atomic E-state index is 13.2. The van der Waals surface area contributed by atoms with Crippen LogP contribution in [0.4, 0.5) is 0 Å². The number of carbonyl (C=O) groups is 1. The minimum atomic E-state index is -1.32. The van der Waals surface area contributed by atoms with Gasteiger partial charge >= 0.3 is 5.97 Å². The highest BCUT2D eigenvalue weighted by Gasteiger charge is 2.55. The Balaban J connectivity index is 2.46. The highest BCUT2D eigenvalue weighted by atomic mass is 16.6. The summed E-state index contributed by atoms with van der Waals surface area (Å²) in [5, 5.41) is 55.7. The van der Waals surface area contributed by atoms with Crippen LogP contribution in [0.5, 0.6) is 0 Å². The van der Waals surface area contributed by atoms with Gasteiger partial charge in [-0.25, -0.2) is 4.79 Å². The van der Waals surface area contributed by atoms with Crippen LogP contribution >= 0.6 is 0 Å². The first-order valence-electron chi connectivity index (χ1n) is 20.2. The molecule has 1 fully saturated rings. The normalized spacial score (nSPS) is 40.6. The van der Waals surface area contributed by atoms with E-state index in [-0.39, 0.29) is 18.4 Å². The van der Waals surface area contributed by atoms with Gasteiger partial charge in [0.15, 0.2) is 0 Å². The molecule has 2 rings (SSSR count). The standard InChI is InChI=1S/C45H72O12/c1-11-16-38-43(55-10)44(51)45(6,57-38)39(48)21-15-20-37-42(54-9)41(50)32(5)28-31(4)24-26-34(47)36(53-8)19-14-17-29(2)27-30(3)23-25-33(46)35(52-7)18-12-13-22-40(49)56-37/h12-13,15,18,20,22-29,32-39,41-44,46-48,50-51H,11,14,16-17,19,21H2,1-10H3/b18-12-,20-15+,22-13-,25-23-,26-24-,30-27-,31-28-/t29-,32+,33+,34+,35+,36+,37-,38-,39-,41-,42-,43+,44+,45-/m0/s1. The molecule has 0 radical (unpaired) electrons. The van der Waals surface area contributed by atoms with Crippen LogP contribution < -0.4 is 0 Å². The molecule has 2 aliphatic rings.